The Morgan fingerprint density at radius 2 is 1.95 bits per heavy atom. The van der Waals surface area contributed by atoms with E-state index in [1.54, 1.807) is 0 Å². The highest BCUT2D eigenvalue weighted by molar-refractivity contribution is 5.08. The fraction of sp³-hybridized carbons (Fsp3) is 0.714. The maximum absolute atomic E-state index is 4.57. The van der Waals surface area contributed by atoms with Gasteiger partial charge in [0.15, 0.2) is 0 Å². The summed E-state index contributed by atoms with van der Waals surface area (Å²) in [6.45, 7) is 4.10. The molecule has 104 valence electrons. The van der Waals surface area contributed by atoms with Gasteiger partial charge in [0.25, 0.3) is 0 Å². The molecule has 1 aliphatic carbocycles. The van der Waals surface area contributed by atoms with Crippen molar-refractivity contribution in [2.45, 2.75) is 31.5 Å². The van der Waals surface area contributed by atoms with E-state index in [0.717, 1.165) is 38.0 Å². The summed E-state index contributed by atoms with van der Waals surface area (Å²) in [7, 11) is 4.32. The summed E-state index contributed by atoms with van der Waals surface area (Å²) in [5, 5.41) is 3.49. The summed E-state index contributed by atoms with van der Waals surface area (Å²) < 4.78 is 0. The molecule has 5 heteroatoms. The van der Waals surface area contributed by atoms with Crippen molar-refractivity contribution in [2.75, 3.05) is 33.7 Å². The van der Waals surface area contributed by atoms with Crippen LogP contribution in [0.2, 0.25) is 0 Å². The molecule has 0 bridgehead atoms. The lowest BCUT2D eigenvalue weighted by atomic mass is 10.1. The van der Waals surface area contributed by atoms with Crippen LogP contribution in [-0.4, -0.2) is 59.5 Å². The molecule has 2 aliphatic rings. The van der Waals surface area contributed by atoms with E-state index in [9.17, 15) is 0 Å². The summed E-state index contributed by atoms with van der Waals surface area (Å²) >= 11 is 0. The van der Waals surface area contributed by atoms with Crippen LogP contribution in [0, 0.1) is 0 Å². The molecular formula is C14H23N5. The van der Waals surface area contributed by atoms with Gasteiger partial charge in [-0.3, -0.25) is 4.90 Å². The van der Waals surface area contributed by atoms with E-state index in [2.05, 4.69) is 39.2 Å². The quantitative estimate of drug-likeness (QED) is 0.862. The monoisotopic (exact) mass is 261 g/mol. The first-order valence-corrected chi connectivity index (χ1v) is 7.15. The molecule has 1 saturated heterocycles. The lowest BCUT2D eigenvalue weighted by molar-refractivity contribution is 0.109. The van der Waals surface area contributed by atoms with Crippen molar-refractivity contribution < 1.29 is 0 Å². The van der Waals surface area contributed by atoms with Gasteiger partial charge in [0.1, 0.15) is 5.82 Å². The zero-order valence-electron chi connectivity index (χ0n) is 11.8. The molecule has 1 saturated carbocycles. The normalized spacial score (nSPS) is 25.7. The van der Waals surface area contributed by atoms with Gasteiger partial charge in [-0.15, -0.1) is 0 Å². The van der Waals surface area contributed by atoms with Gasteiger partial charge in [-0.05, 0) is 26.9 Å². The van der Waals surface area contributed by atoms with E-state index >= 15 is 0 Å². The Balaban J connectivity index is 1.63. The average Bonchev–Trinajstić information content (AvgIpc) is 3.24. The molecular weight excluding hydrogens is 238 g/mol. The number of aromatic nitrogens is 2. The topological polar surface area (TPSA) is 44.3 Å². The molecule has 1 aromatic heterocycles. The molecule has 3 rings (SSSR count). The fourth-order valence-corrected chi connectivity index (χ4v) is 2.47. The molecule has 1 N–H and O–H groups in total. The SMILES string of the molecule is CN1CCN(C)C(c2ncc(CNC3CC3)cn2)C1. The summed E-state index contributed by atoms with van der Waals surface area (Å²) in [5.74, 6) is 0.948. The first-order chi connectivity index (χ1) is 9.22. The number of nitrogens with zero attached hydrogens (tertiary/aromatic N) is 4. The molecule has 1 unspecified atom stereocenters. The summed E-state index contributed by atoms with van der Waals surface area (Å²) in [5.41, 5.74) is 1.18. The average molecular weight is 261 g/mol. The molecule has 0 spiro atoms. The lowest BCUT2D eigenvalue weighted by Gasteiger charge is -2.36. The van der Waals surface area contributed by atoms with Gasteiger partial charge in [-0.2, -0.15) is 0 Å². The number of likely N-dealkylation sites (N-methyl/N-ethyl adjacent to an activating group) is 2. The maximum Gasteiger partial charge on any atom is 0.146 e. The lowest BCUT2D eigenvalue weighted by Crippen LogP contribution is -2.45. The third kappa shape index (κ3) is 3.29. The van der Waals surface area contributed by atoms with Crippen molar-refractivity contribution in [3.8, 4) is 0 Å². The number of hydrogen-bond acceptors (Lipinski definition) is 5. The second-order valence-electron chi connectivity index (χ2n) is 5.86. The van der Waals surface area contributed by atoms with Crippen LogP contribution in [0.1, 0.15) is 30.3 Å². The molecule has 0 radical (unpaired) electrons. The maximum atomic E-state index is 4.57. The second kappa shape index (κ2) is 5.53. The van der Waals surface area contributed by atoms with Crippen LogP contribution in [0.3, 0.4) is 0 Å². The van der Waals surface area contributed by atoms with Crippen LogP contribution >= 0.6 is 0 Å². The van der Waals surface area contributed by atoms with Gasteiger partial charge in [-0.1, -0.05) is 0 Å². The zero-order valence-corrected chi connectivity index (χ0v) is 11.8. The van der Waals surface area contributed by atoms with Crippen LogP contribution in [0.25, 0.3) is 0 Å². The van der Waals surface area contributed by atoms with Gasteiger partial charge in [-0.25, -0.2) is 9.97 Å². The van der Waals surface area contributed by atoms with Crippen molar-refractivity contribution in [2.24, 2.45) is 0 Å². The van der Waals surface area contributed by atoms with E-state index in [4.69, 9.17) is 0 Å². The molecule has 1 aromatic rings. The molecule has 2 heterocycles. The van der Waals surface area contributed by atoms with Crippen LogP contribution < -0.4 is 5.32 Å². The number of rotatable bonds is 4. The minimum atomic E-state index is 0.323. The molecule has 2 fully saturated rings. The molecule has 1 aliphatic heterocycles. The van der Waals surface area contributed by atoms with Crippen LogP contribution in [0.15, 0.2) is 12.4 Å². The Kier molecular flexibility index (Phi) is 3.77. The zero-order chi connectivity index (χ0) is 13.2. The summed E-state index contributed by atoms with van der Waals surface area (Å²) in [4.78, 5) is 13.8. The fourth-order valence-electron chi connectivity index (χ4n) is 2.47. The minimum absolute atomic E-state index is 0.323. The highest BCUT2D eigenvalue weighted by atomic mass is 15.3. The van der Waals surface area contributed by atoms with Crippen molar-refractivity contribution in [1.29, 1.82) is 0 Å². The minimum Gasteiger partial charge on any atom is -0.310 e. The van der Waals surface area contributed by atoms with E-state index in [1.807, 2.05) is 12.4 Å². The second-order valence-corrected chi connectivity index (χ2v) is 5.86. The third-order valence-electron chi connectivity index (χ3n) is 4.05. The van der Waals surface area contributed by atoms with Crippen LogP contribution in [0.5, 0.6) is 0 Å². The van der Waals surface area contributed by atoms with Crippen LogP contribution in [-0.2, 0) is 6.54 Å². The van der Waals surface area contributed by atoms with Gasteiger partial charge >= 0.3 is 0 Å². The van der Waals surface area contributed by atoms with Crippen molar-refractivity contribution in [3.63, 3.8) is 0 Å². The Morgan fingerprint density at radius 1 is 1.21 bits per heavy atom. The smallest absolute Gasteiger partial charge is 0.146 e. The Morgan fingerprint density at radius 3 is 2.63 bits per heavy atom. The predicted molar refractivity (Wildman–Crippen MR) is 74.8 cm³/mol. The van der Waals surface area contributed by atoms with Crippen molar-refractivity contribution in [3.05, 3.63) is 23.8 Å². The molecule has 1 atom stereocenters. The molecule has 0 aromatic carbocycles. The molecule has 5 nitrogen and oxygen atoms in total. The van der Waals surface area contributed by atoms with Gasteiger partial charge in [0.05, 0.1) is 6.04 Å². The highest BCUT2D eigenvalue weighted by Crippen LogP contribution is 2.21. The van der Waals surface area contributed by atoms with E-state index < -0.39 is 0 Å². The number of hydrogen-bond donors (Lipinski definition) is 1. The first-order valence-electron chi connectivity index (χ1n) is 7.15. The van der Waals surface area contributed by atoms with Crippen molar-refractivity contribution in [1.82, 2.24) is 25.1 Å². The largest absolute Gasteiger partial charge is 0.310 e. The number of nitrogens with one attached hydrogen (secondary N) is 1. The Bertz CT molecular complexity index is 414. The third-order valence-corrected chi connectivity index (χ3v) is 4.05. The number of piperazine rings is 1. The first kappa shape index (κ1) is 13.0. The Hall–Kier alpha value is -1.04. The standard InChI is InChI=1S/C14H23N5/c1-18-5-6-19(2)13(10-18)14-16-8-11(9-17-14)7-15-12-3-4-12/h8-9,12-13,15H,3-7,10H2,1-2H3. The van der Waals surface area contributed by atoms with Gasteiger partial charge < -0.3 is 10.2 Å². The summed E-state index contributed by atoms with van der Waals surface area (Å²) in [6, 6.07) is 1.06. The van der Waals surface area contributed by atoms with Gasteiger partial charge in [0.2, 0.25) is 0 Å². The van der Waals surface area contributed by atoms with Gasteiger partial charge in [0, 0.05) is 50.2 Å². The van der Waals surface area contributed by atoms with E-state index in [0.29, 0.717) is 6.04 Å². The molecule has 19 heavy (non-hydrogen) atoms. The van der Waals surface area contributed by atoms with E-state index in [-0.39, 0.29) is 0 Å². The predicted octanol–water partition coefficient (Wildman–Crippen LogP) is 0.647. The Labute approximate surface area is 115 Å². The van der Waals surface area contributed by atoms with Crippen LogP contribution in [0.4, 0.5) is 0 Å². The summed E-state index contributed by atoms with van der Waals surface area (Å²) in [6.07, 6.45) is 6.58. The van der Waals surface area contributed by atoms with E-state index in [1.165, 1.54) is 18.4 Å². The highest BCUT2D eigenvalue weighted by Gasteiger charge is 2.25. The van der Waals surface area contributed by atoms with Crippen molar-refractivity contribution >= 4 is 0 Å². The molecule has 0 amide bonds.